The molecule has 144 valence electrons. The Hall–Kier alpha value is -2.54. The van der Waals surface area contributed by atoms with Crippen molar-refractivity contribution in [2.45, 2.75) is 32.6 Å². The third kappa shape index (κ3) is 3.78. The Bertz CT molecular complexity index is 983. The zero-order valence-electron chi connectivity index (χ0n) is 15.9. The van der Waals surface area contributed by atoms with Gasteiger partial charge in [0.05, 0.1) is 21.7 Å². The Labute approximate surface area is 160 Å². The molecular formula is C20H24N2O4S. The molecule has 0 radical (unpaired) electrons. The van der Waals surface area contributed by atoms with Crippen LogP contribution in [0.5, 0.6) is 5.75 Å². The zero-order chi connectivity index (χ0) is 19.8. The van der Waals surface area contributed by atoms with Crippen LogP contribution in [0.3, 0.4) is 0 Å². The fourth-order valence-corrected chi connectivity index (χ4v) is 4.17. The number of carbonyl (C=O) groups is 1. The number of benzene rings is 2. The summed E-state index contributed by atoms with van der Waals surface area (Å²) < 4.78 is 33.8. The summed E-state index contributed by atoms with van der Waals surface area (Å²) in [6, 6.07) is 11.7. The molecule has 1 N–H and O–H groups in total. The van der Waals surface area contributed by atoms with E-state index in [1.165, 1.54) is 0 Å². The second-order valence-electron chi connectivity index (χ2n) is 7.33. The normalized spacial score (nSPS) is 16.3. The first-order valence-corrected chi connectivity index (χ1v) is 10.3. The lowest BCUT2D eigenvalue weighted by Gasteiger charge is -2.27. The van der Waals surface area contributed by atoms with Gasteiger partial charge in [-0.1, -0.05) is 12.1 Å². The second kappa shape index (κ2) is 6.88. The van der Waals surface area contributed by atoms with E-state index >= 15 is 0 Å². The highest BCUT2D eigenvalue weighted by Crippen LogP contribution is 2.38. The van der Waals surface area contributed by atoms with Gasteiger partial charge < -0.3 is 9.64 Å². The van der Waals surface area contributed by atoms with Crippen LogP contribution in [0.25, 0.3) is 0 Å². The Morgan fingerprint density at radius 1 is 1.19 bits per heavy atom. The standard InChI is InChI=1S/C20H24N2O4S/c1-5-22-17-12-15(9-10-18(17)26-13-20(3,4)19(22)23)21-27(24,25)16-8-6-7-14(2)11-16/h6-12,21H,5,13H2,1-4H3. The molecule has 0 bridgehead atoms. The summed E-state index contributed by atoms with van der Waals surface area (Å²) >= 11 is 0. The van der Waals surface area contributed by atoms with Gasteiger partial charge in [-0.25, -0.2) is 8.42 Å². The van der Waals surface area contributed by atoms with E-state index in [-0.39, 0.29) is 17.4 Å². The molecule has 0 unspecified atom stereocenters. The summed E-state index contributed by atoms with van der Waals surface area (Å²) in [5.41, 5.74) is 1.15. The first-order chi connectivity index (χ1) is 12.6. The molecule has 1 aliphatic rings. The van der Waals surface area contributed by atoms with Crippen molar-refractivity contribution in [3.8, 4) is 5.75 Å². The number of sulfonamides is 1. The van der Waals surface area contributed by atoms with Crippen molar-refractivity contribution >= 4 is 27.3 Å². The van der Waals surface area contributed by atoms with Gasteiger partial charge in [-0.3, -0.25) is 9.52 Å². The molecule has 0 fully saturated rings. The molecule has 0 atom stereocenters. The van der Waals surface area contributed by atoms with E-state index in [9.17, 15) is 13.2 Å². The number of carbonyl (C=O) groups excluding carboxylic acids is 1. The van der Waals surface area contributed by atoms with Gasteiger partial charge >= 0.3 is 0 Å². The number of nitrogens with one attached hydrogen (secondary N) is 1. The zero-order valence-corrected chi connectivity index (χ0v) is 16.8. The van der Waals surface area contributed by atoms with Gasteiger partial charge in [0.2, 0.25) is 5.91 Å². The van der Waals surface area contributed by atoms with Crippen molar-refractivity contribution in [3.63, 3.8) is 0 Å². The van der Waals surface area contributed by atoms with Crippen molar-refractivity contribution in [2.75, 3.05) is 22.8 Å². The molecule has 0 saturated heterocycles. The SMILES string of the molecule is CCN1C(=O)C(C)(C)COc2ccc(NS(=O)(=O)c3cccc(C)c3)cc21. The van der Waals surface area contributed by atoms with Gasteiger partial charge in [-0.05, 0) is 63.6 Å². The lowest BCUT2D eigenvalue weighted by Crippen LogP contribution is -2.42. The number of fused-ring (bicyclic) bond motifs is 1. The van der Waals surface area contributed by atoms with E-state index in [0.717, 1.165) is 5.56 Å². The maximum Gasteiger partial charge on any atom is 0.261 e. The molecule has 0 saturated carbocycles. The predicted octanol–water partition coefficient (Wildman–Crippen LogP) is 3.57. The van der Waals surface area contributed by atoms with Crippen molar-refractivity contribution in [2.24, 2.45) is 5.41 Å². The number of hydrogen-bond donors (Lipinski definition) is 1. The maximum absolute atomic E-state index is 12.8. The third-order valence-electron chi connectivity index (χ3n) is 4.53. The monoisotopic (exact) mass is 388 g/mol. The third-order valence-corrected chi connectivity index (χ3v) is 5.91. The number of hydrogen-bond acceptors (Lipinski definition) is 4. The summed E-state index contributed by atoms with van der Waals surface area (Å²) in [7, 11) is -3.73. The fourth-order valence-electron chi connectivity index (χ4n) is 3.02. The smallest absolute Gasteiger partial charge is 0.261 e. The number of amides is 1. The highest BCUT2D eigenvalue weighted by molar-refractivity contribution is 7.92. The molecule has 7 heteroatoms. The molecule has 0 aromatic heterocycles. The summed E-state index contributed by atoms with van der Waals surface area (Å²) in [6.45, 7) is 8.13. The highest BCUT2D eigenvalue weighted by atomic mass is 32.2. The van der Waals surface area contributed by atoms with Crippen molar-refractivity contribution in [1.82, 2.24) is 0 Å². The van der Waals surface area contributed by atoms with Crippen LogP contribution in [0.15, 0.2) is 47.4 Å². The highest BCUT2D eigenvalue weighted by Gasteiger charge is 2.37. The number of rotatable bonds is 4. The van der Waals surface area contributed by atoms with Crippen LogP contribution < -0.4 is 14.4 Å². The van der Waals surface area contributed by atoms with Gasteiger partial charge in [-0.15, -0.1) is 0 Å². The molecule has 1 amide bonds. The minimum Gasteiger partial charge on any atom is -0.490 e. The van der Waals surface area contributed by atoms with E-state index in [2.05, 4.69) is 4.72 Å². The summed E-state index contributed by atoms with van der Waals surface area (Å²) in [4.78, 5) is 14.6. The number of ether oxygens (including phenoxy) is 1. The number of nitrogens with zero attached hydrogens (tertiary/aromatic N) is 1. The van der Waals surface area contributed by atoms with Crippen molar-refractivity contribution < 1.29 is 17.9 Å². The quantitative estimate of drug-likeness (QED) is 0.869. The Balaban J connectivity index is 1.98. The van der Waals surface area contributed by atoms with Crippen LogP contribution >= 0.6 is 0 Å². The van der Waals surface area contributed by atoms with Gasteiger partial charge in [0.25, 0.3) is 10.0 Å². The van der Waals surface area contributed by atoms with Gasteiger partial charge in [0, 0.05) is 6.54 Å². The van der Waals surface area contributed by atoms with Crippen LogP contribution in [0.4, 0.5) is 11.4 Å². The molecule has 6 nitrogen and oxygen atoms in total. The number of aryl methyl sites for hydroxylation is 1. The molecule has 27 heavy (non-hydrogen) atoms. The second-order valence-corrected chi connectivity index (χ2v) is 9.01. The Morgan fingerprint density at radius 3 is 2.59 bits per heavy atom. The first kappa shape index (κ1) is 19.2. The van der Waals surface area contributed by atoms with Crippen LogP contribution in [0.1, 0.15) is 26.3 Å². The molecular weight excluding hydrogens is 364 g/mol. The van der Waals surface area contributed by atoms with E-state index in [1.54, 1.807) is 41.3 Å². The maximum atomic E-state index is 12.8. The average molecular weight is 388 g/mol. The van der Waals surface area contributed by atoms with E-state index in [4.69, 9.17) is 4.74 Å². The number of anilines is 2. The summed E-state index contributed by atoms with van der Waals surface area (Å²) in [5, 5.41) is 0. The fraction of sp³-hybridized carbons (Fsp3) is 0.350. The lowest BCUT2D eigenvalue weighted by molar-refractivity contribution is -0.127. The van der Waals surface area contributed by atoms with Gasteiger partial charge in [-0.2, -0.15) is 0 Å². The van der Waals surface area contributed by atoms with E-state index in [0.29, 0.717) is 23.7 Å². The minimum absolute atomic E-state index is 0.0533. The topological polar surface area (TPSA) is 75.7 Å². The molecule has 1 heterocycles. The minimum atomic E-state index is -3.73. The van der Waals surface area contributed by atoms with Crippen molar-refractivity contribution in [3.05, 3.63) is 48.0 Å². The molecule has 0 spiro atoms. The van der Waals surface area contributed by atoms with Crippen LogP contribution in [-0.4, -0.2) is 27.5 Å². The molecule has 2 aromatic carbocycles. The summed E-state index contributed by atoms with van der Waals surface area (Å²) in [6.07, 6.45) is 0. The van der Waals surface area contributed by atoms with Crippen LogP contribution in [0, 0.1) is 12.3 Å². The van der Waals surface area contributed by atoms with Crippen molar-refractivity contribution in [1.29, 1.82) is 0 Å². The molecule has 1 aliphatic heterocycles. The summed E-state index contributed by atoms with van der Waals surface area (Å²) in [5.74, 6) is 0.511. The molecule has 3 rings (SSSR count). The first-order valence-electron chi connectivity index (χ1n) is 8.82. The lowest BCUT2D eigenvalue weighted by atomic mass is 9.93. The van der Waals surface area contributed by atoms with E-state index in [1.807, 2.05) is 33.8 Å². The van der Waals surface area contributed by atoms with E-state index < -0.39 is 15.4 Å². The Kier molecular flexibility index (Phi) is 4.90. The molecule has 2 aromatic rings. The van der Waals surface area contributed by atoms with Crippen LogP contribution in [-0.2, 0) is 14.8 Å². The van der Waals surface area contributed by atoms with Crippen LogP contribution in [0.2, 0.25) is 0 Å². The Morgan fingerprint density at radius 2 is 1.93 bits per heavy atom. The van der Waals surface area contributed by atoms with Gasteiger partial charge in [0.15, 0.2) is 0 Å². The largest absolute Gasteiger partial charge is 0.490 e. The van der Waals surface area contributed by atoms with Gasteiger partial charge in [0.1, 0.15) is 12.4 Å². The molecule has 0 aliphatic carbocycles. The average Bonchev–Trinajstić information content (AvgIpc) is 2.69. The predicted molar refractivity (Wildman–Crippen MR) is 106 cm³/mol.